The fourth-order valence-corrected chi connectivity index (χ4v) is 1.03. The van der Waals surface area contributed by atoms with E-state index in [1.165, 1.54) is 0 Å². The monoisotopic (exact) mass is 217 g/mol. The third kappa shape index (κ3) is 3.52. The molecule has 0 aromatic carbocycles. The first-order chi connectivity index (χ1) is 6.27. The summed E-state index contributed by atoms with van der Waals surface area (Å²) in [7, 11) is 1.64. The van der Waals surface area contributed by atoms with E-state index in [0.29, 0.717) is 0 Å². The van der Waals surface area contributed by atoms with Gasteiger partial charge in [0.1, 0.15) is 5.75 Å². The van der Waals surface area contributed by atoms with Gasteiger partial charge in [0, 0.05) is 31.5 Å². The minimum absolute atomic E-state index is 0. The van der Waals surface area contributed by atoms with Crippen molar-refractivity contribution in [1.82, 2.24) is 4.98 Å². The van der Waals surface area contributed by atoms with Crippen LogP contribution in [0.5, 0.6) is 5.75 Å². The van der Waals surface area contributed by atoms with Crippen molar-refractivity contribution >= 4 is 12.4 Å². The number of methoxy groups -OCH3 is 1. The van der Waals surface area contributed by atoms with Gasteiger partial charge in [0.05, 0.1) is 0 Å². The Morgan fingerprint density at radius 2 is 2.21 bits per heavy atom. The Morgan fingerprint density at radius 1 is 1.50 bits per heavy atom. The Labute approximate surface area is 90.9 Å². The maximum absolute atomic E-state index is 5.58. The third-order valence-corrected chi connectivity index (χ3v) is 1.82. The molecular weight excluding hydrogens is 202 g/mol. The molecule has 1 rings (SSSR count). The largest absolute Gasteiger partial charge is 0.465 e. The molecule has 0 bridgehead atoms. The average Bonchev–Trinajstić information content (AvgIpc) is 2.17. The van der Waals surface area contributed by atoms with Crippen molar-refractivity contribution in [3.63, 3.8) is 0 Å². The molecule has 0 saturated carbocycles. The predicted octanol–water partition coefficient (Wildman–Crippen LogP) is 2.57. The first-order valence-corrected chi connectivity index (χ1v) is 4.38. The predicted molar refractivity (Wildman–Crippen MR) is 57.9 cm³/mol. The first kappa shape index (κ1) is 13.2. The van der Waals surface area contributed by atoms with E-state index >= 15 is 0 Å². The highest BCUT2D eigenvalue weighted by molar-refractivity contribution is 5.85. The topological polar surface area (TPSA) is 31.4 Å². The van der Waals surface area contributed by atoms with Crippen LogP contribution >= 0.6 is 12.4 Å². The molecule has 0 aliphatic rings. The van der Waals surface area contributed by atoms with Crippen molar-refractivity contribution in [1.29, 1.82) is 0 Å². The molecule has 0 radical (unpaired) electrons. The summed E-state index contributed by atoms with van der Waals surface area (Å²) < 4.78 is 10.7. The summed E-state index contributed by atoms with van der Waals surface area (Å²) in [5.74, 6) is 0.837. The Bertz CT molecular complexity index is 264. The molecule has 0 aliphatic heterocycles. The van der Waals surface area contributed by atoms with Crippen molar-refractivity contribution in [2.24, 2.45) is 0 Å². The van der Waals surface area contributed by atoms with Gasteiger partial charge < -0.3 is 9.47 Å². The summed E-state index contributed by atoms with van der Waals surface area (Å²) in [5, 5.41) is 0. The Hall–Kier alpha value is -0.800. The molecule has 0 saturated heterocycles. The second kappa shape index (κ2) is 6.62. The molecule has 0 N–H and O–H groups in total. The van der Waals surface area contributed by atoms with Gasteiger partial charge in [-0.1, -0.05) is 6.92 Å². The molecule has 4 heteroatoms. The maximum atomic E-state index is 5.58. The van der Waals surface area contributed by atoms with E-state index in [9.17, 15) is 0 Å². The number of rotatable bonds is 4. The molecule has 14 heavy (non-hydrogen) atoms. The van der Waals surface area contributed by atoms with E-state index in [2.05, 4.69) is 4.98 Å². The van der Waals surface area contributed by atoms with Crippen molar-refractivity contribution in [3.05, 3.63) is 24.0 Å². The molecular formula is C10H16ClNO2. The lowest BCUT2D eigenvalue weighted by molar-refractivity contribution is -0.0552. The van der Waals surface area contributed by atoms with E-state index in [1.807, 2.05) is 19.9 Å². The van der Waals surface area contributed by atoms with E-state index in [4.69, 9.17) is 9.47 Å². The number of nitrogens with zero attached hydrogens (tertiary/aromatic N) is 1. The fourth-order valence-electron chi connectivity index (χ4n) is 1.03. The van der Waals surface area contributed by atoms with Gasteiger partial charge in [-0.25, -0.2) is 0 Å². The number of hydrogen-bond donors (Lipinski definition) is 0. The zero-order valence-corrected chi connectivity index (χ0v) is 9.50. The van der Waals surface area contributed by atoms with Crippen LogP contribution in [0.3, 0.4) is 0 Å². The molecule has 0 spiro atoms. The first-order valence-electron chi connectivity index (χ1n) is 4.38. The summed E-state index contributed by atoms with van der Waals surface area (Å²) in [5.41, 5.74) is 1.03. The summed E-state index contributed by atoms with van der Waals surface area (Å²) in [6.07, 6.45) is 4.15. The molecule has 1 aromatic rings. The fraction of sp³-hybridized carbons (Fsp3) is 0.500. The highest BCUT2D eigenvalue weighted by atomic mass is 35.5. The number of aryl methyl sites for hydroxylation is 1. The summed E-state index contributed by atoms with van der Waals surface area (Å²) in [6.45, 7) is 3.98. The summed E-state index contributed by atoms with van der Waals surface area (Å²) >= 11 is 0. The Balaban J connectivity index is 0.00000169. The summed E-state index contributed by atoms with van der Waals surface area (Å²) in [4.78, 5) is 3.98. The van der Waals surface area contributed by atoms with Gasteiger partial charge >= 0.3 is 0 Å². The third-order valence-electron chi connectivity index (χ3n) is 1.82. The van der Waals surface area contributed by atoms with Crippen LogP contribution in [0.4, 0.5) is 0 Å². The lowest BCUT2D eigenvalue weighted by Gasteiger charge is -2.16. The van der Waals surface area contributed by atoms with Gasteiger partial charge in [-0.3, -0.25) is 4.98 Å². The van der Waals surface area contributed by atoms with Crippen LogP contribution in [-0.4, -0.2) is 18.4 Å². The Morgan fingerprint density at radius 3 is 2.71 bits per heavy atom. The van der Waals surface area contributed by atoms with E-state index in [0.717, 1.165) is 17.7 Å². The van der Waals surface area contributed by atoms with Crippen molar-refractivity contribution in [2.75, 3.05) is 7.11 Å². The van der Waals surface area contributed by atoms with Gasteiger partial charge in [-0.2, -0.15) is 0 Å². The molecule has 1 aromatic heterocycles. The molecule has 80 valence electrons. The highest BCUT2D eigenvalue weighted by Crippen LogP contribution is 2.17. The molecule has 0 aliphatic carbocycles. The van der Waals surface area contributed by atoms with Gasteiger partial charge in [0.25, 0.3) is 0 Å². The number of aromatic nitrogens is 1. The molecule has 1 heterocycles. The zero-order valence-electron chi connectivity index (χ0n) is 8.69. The molecule has 1 atom stereocenters. The lowest BCUT2D eigenvalue weighted by atomic mass is 10.3. The van der Waals surface area contributed by atoms with Crippen LogP contribution in [0, 0.1) is 6.92 Å². The van der Waals surface area contributed by atoms with E-state index in [-0.39, 0.29) is 18.7 Å². The van der Waals surface area contributed by atoms with Gasteiger partial charge in [0.2, 0.25) is 0 Å². The van der Waals surface area contributed by atoms with Crippen LogP contribution < -0.4 is 4.74 Å². The van der Waals surface area contributed by atoms with Gasteiger partial charge in [0.15, 0.2) is 6.29 Å². The van der Waals surface area contributed by atoms with Crippen LogP contribution in [0.1, 0.15) is 18.9 Å². The summed E-state index contributed by atoms with van der Waals surface area (Å²) in [6, 6.07) is 1.84. The highest BCUT2D eigenvalue weighted by Gasteiger charge is 2.06. The van der Waals surface area contributed by atoms with E-state index in [1.54, 1.807) is 19.5 Å². The Kier molecular flexibility index (Phi) is 6.25. The number of halogens is 1. The van der Waals surface area contributed by atoms with Crippen LogP contribution in [0.25, 0.3) is 0 Å². The second-order valence-electron chi connectivity index (χ2n) is 2.83. The second-order valence-corrected chi connectivity index (χ2v) is 2.83. The number of hydrogen-bond acceptors (Lipinski definition) is 3. The van der Waals surface area contributed by atoms with Gasteiger partial charge in [-0.15, -0.1) is 12.4 Å². The molecule has 1 unspecified atom stereocenters. The smallest absolute Gasteiger partial charge is 0.199 e. The minimum atomic E-state index is -0.166. The molecule has 0 fully saturated rings. The number of ether oxygens (including phenoxy) is 2. The molecule has 0 amide bonds. The van der Waals surface area contributed by atoms with Crippen LogP contribution in [0.2, 0.25) is 0 Å². The minimum Gasteiger partial charge on any atom is -0.465 e. The molecule has 3 nitrogen and oxygen atoms in total. The lowest BCUT2D eigenvalue weighted by Crippen LogP contribution is -2.17. The van der Waals surface area contributed by atoms with Crippen molar-refractivity contribution in [2.45, 2.75) is 26.6 Å². The SMILES string of the molecule is CCC(OC)Oc1ccncc1C.Cl. The normalized spacial score (nSPS) is 11.6. The van der Waals surface area contributed by atoms with Crippen molar-refractivity contribution in [3.8, 4) is 5.75 Å². The zero-order chi connectivity index (χ0) is 9.68. The van der Waals surface area contributed by atoms with Crippen LogP contribution in [0.15, 0.2) is 18.5 Å². The van der Waals surface area contributed by atoms with E-state index < -0.39 is 0 Å². The van der Waals surface area contributed by atoms with Gasteiger partial charge in [-0.05, 0) is 13.0 Å². The average molecular weight is 218 g/mol. The number of pyridine rings is 1. The van der Waals surface area contributed by atoms with Crippen molar-refractivity contribution < 1.29 is 9.47 Å². The van der Waals surface area contributed by atoms with Crippen LogP contribution in [-0.2, 0) is 4.74 Å². The standard InChI is InChI=1S/C10H15NO2.ClH/c1-4-10(12-3)13-9-5-6-11-7-8(9)2;/h5-7,10H,4H2,1-3H3;1H. The maximum Gasteiger partial charge on any atom is 0.199 e. The quantitative estimate of drug-likeness (QED) is 0.727.